The minimum absolute atomic E-state index is 0.0539. The zero-order chi connectivity index (χ0) is 12.8. The summed E-state index contributed by atoms with van der Waals surface area (Å²) >= 11 is 0. The van der Waals surface area contributed by atoms with Crippen LogP contribution in [0.15, 0.2) is 54.6 Å². The molecule has 2 aromatic carbocycles. The summed E-state index contributed by atoms with van der Waals surface area (Å²) in [7, 11) is 0. The Hall–Kier alpha value is -2.68. The highest BCUT2D eigenvalue weighted by molar-refractivity contribution is 6.23. The lowest BCUT2D eigenvalue weighted by Gasteiger charge is -1.99. The molecular formula is C16H10N2O. The van der Waals surface area contributed by atoms with Gasteiger partial charge in [0.05, 0.1) is 11.3 Å². The average Bonchev–Trinajstić information content (AvgIpc) is 3.02. The molecule has 3 nitrogen and oxygen atoms in total. The Labute approximate surface area is 109 Å². The normalized spacial score (nSPS) is 12.3. The number of aromatic amines is 1. The summed E-state index contributed by atoms with van der Waals surface area (Å²) in [5, 5.41) is 7.31. The third-order valence-corrected chi connectivity index (χ3v) is 3.48. The van der Waals surface area contributed by atoms with Crippen molar-refractivity contribution in [2.45, 2.75) is 0 Å². The molecule has 4 rings (SSSR count). The van der Waals surface area contributed by atoms with E-state index in [0.717, 1.165) is 28.1 Å². The molecule has 0 aliphatic heterocycles. The van der Waals surface area contributed by atoms with Gasteiger partial charge in [-0.05, 0) is 0 Å². The third-order valence-electron chi connectivity index (χ3n) is 3.48. The predicted octanol–water partition coefficient (Wildman–Crippen LogP) is 3.29. The van der Waals surface area contributed by atoms with Gasteiger partial charge in [-0.2, -0.15) is 5.10 Å². The fraction of sp³-hybridized carbons (Fsp3) is 0. The van der Waals surface area contributed by atoms with Crippen LogP contribution in [0.5, 0.6) is 0 Å². The summed E-state index contributed by atoms with van der Waals surface area (Å²) in [6.07, 6.45) is 0. The number of carbonyl (C=O) groups excluding carboxylic acids is 1. The molecule has 1 heterocycles. The van der Waals surface area contributed by atoms with Crippen molar-refractivity contribution in [3.8, 4) is 22.5 Å². The van der Waals surface area contributed by atoms with Gasteiger partial charge in [0.1, 0.15) is 5.69 Å². The highest BCUT2D eigenvalue weighted by Crippen LogP contribution is 2.39. The summed E-state index contributed by atoms with van der Waals surface area (Å²) in [6, 6.07) is 17.4. The number of hydrogen-bond donors (Lipinski definition) is 1. The van der Waals surface area contributed by atoms with Crippen LogP contribution in [0.3, 0.4) is 0 Å². The second kappa shape index (κ2) is 3.65. The second-order valence-corrected chi connectivity index (χ2v) is 4.56. The van der Waals surface area contributed by atoms with Crippen molar-refractivity contribution in [3.05, 3.63) is 65.7 Å². The van der Waals surface area contributed by atoms with Crippen LogP contribution < -0.4 is 0 Å². The van der Waals surface area contributed by atoms with Crippen LogP contribution in [0.4, 0.5) is 0 Å². The van der Waals surface area contributed by atoms with Gasteiger partial charge in [0.15, 0.2) is 5.78 Å². The number of fused-ring (bicyclic) bond motifs is 3. The number of carbonyl (C=O) groups is 1. The van der Waals surface area contributed by atoms with Gasteiger partial charge in [0.2, 0.25) is 0 Å². The van der Waals surface area contributed by atoms with E-state index in [0.29, 0.717) is 5.56 Å². The van der Waals surface area contributed by atoms with E-state index in [1.165, 1.54) is 0 Å². The maximum absolute atomic E-state index is 12.5. The van der Waals surface area contributed by atoms with Gasteiger partial charge in [-0.3, -0.25) is 9.89 Å². The minimum atomic E-state index is 0.0539. The molecule has 0 unspecified atom stereocenters. The van der Waals surface area contributed by atoms with Crippen LogP contribution in [-0.2, 0) is 0 Å². The lowest BCUT2D eigenvalue weighted by atomic mass is 10.0. The second-order valence-electron chi connectivity index (χ2n) is 4.56. The van der Waals surface area contributed by atoms with Crippen molar-refractivity contribution in [2.75, 3.05) is 0 Å². The quantitative estimate of drug-likeness (QED) is 0.560. The topological polar surface area (TPSA) is 45.8 Å². The number of H-pyrrole nitrogens is 1. The summed E-state index contributed by atoms with van der Waals surface area (Å²) in [5.74, 6) is 0.0539. The van der Waals surface area contributed by atoms with Crippen LogP contribution in [0.25, 0.3) is 22.5 Å². The Kier molecular flexibility index (Phi) is 1.97. The van der Waals surface area contributed by atoms with E-state index in [-0.39, 0.29) is 5.78 Å². The molecule has 3 aromatic rings. The molecule has 19 heavy (non-hydrogen) atoms. The number of nitrogens with zero attached hydrogens (tertiary/aromatic N) is 1. The van der Waals surface area contributed by atoms with Gasteiger partial charge in [0.25, 0.3) is 0 Å². The van der Waals surface area contributed by atoms with E-state index in [1.54, 1.807) is 0 Å². The number of nitrogens with one attached hydrogen (secondary N) is 1. The Morgan fingerprint density at radius 2 is 1.53 bits per heavy atom. The molecule has 0 saturated heterocycles. The lowest BCUT2D eigenvalue weighted by Crippen LogP contribution is -1.97. The Bertz CT molecular complexity index is 788. The maximum Gasteiger partial charge on any atom is 0.198 e. The standard InChI is InChI=1S/C16H10N2O/c19-16-12-9-5-4-8-11(12)15-13(16)14(17-18-15)10-6-2-1-3-7-10/h1-9H,(H,17,18). The van der Waals surface area contributed by atoms with Crippen LogP contribution in [-0.4, -0.2) is 16.0 Å². The van der Waals surface area contributed by atoms with Crippen LogP contribution in [0.2, 0.25) is 0 Å². The van der Waals surface area contributed by atoms with Gasteiger partial charge >= 0.3 is 0 Å². The SMILES string of the molecule is O=C1c2ccccc2-c2n[nH]c(-c3ccccc3)c21. The molecular weight excluding hydrogens is 236 g/mol. The molecule has 0 saturated carbocycles. The number of ketones is 1. The minimum Gasteiger partial charge on any atom is -0.288 e. The molecule has 0 atom stereocenters. The Morgan fingerprint density at radius 3 is 2.32 bits per heavy atom. The van der Waals surface area contributed by atoms with Crippen molar-refractivity contribution in [2.24, 2.45) is 0 Å². The van der Waals surface area contributed by atoms with E-state index < -0.39 is 0 Å². The zero-order valence-corrected chi connectivity index (χ0v) is 10.1. The third kappa shape index (κ3) is 1.32. The highest BCUT2D eigenvalue weighted by Gasteiger charge is 2.32. The molecule has 3 heteroatoms. The summed E-state index contributed by atoms with van der Waals surface area (Å²) in [4.78, 5) is 12.5. The van der Waals surface area contributed by atoms with Crippen molar-refractivity contribution in [1.29, 1.82) is 0 Å². The molecule has 0 amide bonds. The van der Waals surface area contributed by atoms with Gasteiger partial charge in [-0.1, -0.05) is 54.6 Å². The van der Waals surface area contributed by atoms with Gasteiger partial charge in [-0.15, -0.1) is 0 Å². The molecule has 1 aliphatic rings. The van der Waals surface area contributed by atoms with Gasteiger partial charge < -0.3 is 0 Å². The first-order valence-electron chi connectivity index (χ1n) is 6.14. The number of hydrogen-bond acceptors (Lipinski definition) is 2. The summed E-state index contributed by atoms with van der Waals surface area (Å²) in [6.45, 7) is 0. The van der Waals surface area contributed by atoms with E-state index in [2.05, 4.69) is 10.2 Å². The molecule has 0 radical (unpaired) electrons. The Balaban J connectivity index is 1.98. The van der Waals surface area contributed by atoms with E-state index >= 15 is 0 Å². The molecule has 1 aromatic heterocycles. The zero-order valence-electron chi connectivity index (χ0n) is 10.1. The van der Waals surface area contributed by atoms with Crippen LogP contribution in [0, 0.1) is 0 Å². The molecule has 0 bridgehead atoms. The fourth-order valence-electron chi connectivity index (χ4n) is 2.59. The van der Waals surface area contributed by atoms with E-state index in [4.69, 9.17) is 0 Å². The molecule has 1 N–H and O–H groups in total. The van der Waals surface area contributed by atoms with Crippen molar-refractivity contribution in [3.63, 3.8) is 0 Å². The largest absolute Gasteiger partial charge is 0.288 e. The van der Waals surface area contributed by atoms with Crippen molar-refractivity contribution in [1.82, 2.24) is 10.2 Å². The predicted molar refractivity (Wildman–Crippen MR) is 72.9 cm³/mol. The fourth-order valence-corrected chi connectivity index (χ4v) is 2.59. The molecule has 1 aliphatic carbocycles. The number of rotatable bonds is 1. The number of benzene rings is 2. The number of aromatic nitrogens is 2. The highest BCUT2D eigenvalue weighted by atomic mass is 16.1. The summed E-state index contributed by atoms with van der Waals surface area (Å²) in [5.41, 5.74) is 4.90. The first kappa shape index (κ1) is 10.3. The first-order valence-corrected chi connectivity index (χ1v) is 6.14. The smallest absolute Gasteiger partial charge is 0.198 e. The van der Waals surface area contributed by atoms with Crippen molar-refractivity contribution < 1.29 is 4.79 Å². The average molecular weight is 246 g/mol. The van der Waals surface area contributed by atoms with E-state index in [9.17, 15) is 4.79 Å². The molecule has 0 spiro atoms. The maximum atomic E-state index is 12.5. The summed E-state index contributed by atoms with van der Waals surface area (Å²) < 4.78 is 0. The van der Waals surface area contributed by atoms with Crippen LogP contribution >= 0.6 is 0 Å². The van der Waals surface area contributed by atoms with Gasteiger partial charge in [-0.25, -0.2) is 0 Å². The van der Waals surface area contributed by atoms with Crippen LogP contribution in [0.1, 0.15) is 15.9 Å². The lowest BCUT2D eigenvalue weighted by molar-refractivity contribution is 0.104. The molecule has 0 fully saturated rings. The van der Waals surface area contributed by atoms with Gasteiger partial charge in [0, 0.05) is 16.7 Å². The Morgan fingerprint density at radius 1 is 0.842 bits per heavy atom. The molecule has 90 valence electrons. The first-order chi connectivity index (χ1) is 9.36. The van der Waals surface area contributed by atoms with Crippen molar-refractivity contribution >= 4 is 5.78 Å². The van der Waals surface area contributed by atoms with E-state index in [1.807, 2.05) is 54.6 Å². The monoisotopic (exact) mass is 246 g/mol.